The third kappa shape index (κ3) is 4.13. The summed E-state index contributed by atoms with van der Waals surface area (Å²) >= 11 is 1.16. The molecule has 0 saturated heterocycles. The van der Waals surface area contributed by atoms with Gasteiger partial charge < -0.3 is 25.8 Å². The number of nitrogens with zero attached hydrogens (tertiary/aromatic N) is 1. The fourth-order valence-electron chi connectivity index (χ4n) is 1.25. The molecule has 7 nitrogen and oxygen atoms in total. The Hall–Kier alpha value is -1.38. The van der Waals surface area contributed by atoms with Crippen LogP contribution in [0.1, 0.15) is 10.4 Å². The maximum atomic E-state index is 11.6. The van der Waals surface area contributed by atoms with Gasteiger partial charge in [-0.15, -0.1) is 0 Å². The predicted octanol–water partition coefficient (Wildman–Crippen LogP) is 0.160. The van der Waals surface area contributed by atoms with E-state index in [2.05, 4.69) is 15.0 Å². The van der Waals surface area contributed by atoms with Crippen LogP contribution in [0.4, 0.5) is 10.8 Å². The molecule has 1 amide bonds. The fourth-order valence-corrected chi connectivity index (χ4v) is 1.98. The van der Waals surface area contributed by atoms with E-state index in [1.54, 1.807) is 14.2 Å². The lowest BCUT2D eigenvalue weighted by Crippen LogP contribution is -2.20. The molecule has 0 atom stereocenters. The lowest BCUT2D eigenvalue weighted by molar-refractivity contribution is 0.0759. The van der Waals surface area contributed by atoms with E-state index in [1.807, 2.05) is 0 Å². The van der Waals surface area contributed by atoms with E-state index in [0.717, 1.165) is 11.5 Å². The second-order valence-electron chi connectivity index (χ2n) is 3.38. The molecule has 102 valence electrons. The molecule has 1 rings (SSSR count). The van der Waals surface area contributed by atoms with Gasteiger partial charge in [0, 0.05) is 20.7 Å². The Bertz CT molecular complexity index is 383. The minimum Gasteiger partial charge on any atom is -0.382 e. The average molecular weight is 274 g/mol. The molecule has 0 saturated carbocycles. The first-order chi connectivity index (χ1) is 8.70. The van der Waals surface area contributed by atoms with Gasteiger partial charge in [-0.1, -0.05) is 0 Å². The molecule has 0 bridgehead atoms. The molecule has 0 aliphatic carbocycles. The summed E-state index contributed by atoms with van der Waals surface area (Å²) in [5.41, 5.74) is 6.03. The Labute approximate surface area is 110 Å². The average Bonchev–Trinajstić information content (AvgIpc) is 2.74. The van der Waals surface area contributed by atoms with Crippen LogP contribution in [0.5, 0.6) is 0 Å². The largest absolute Gasteiger partial charge is 0.382 e. The number of aromatic nitrogens is 1. The first-order valence-corrected chi connectivity index (χ1v) is 6.25. The van der Waals surface area contributed by atoms with Crippen molar-refractivity contribution in [2.24, 2.45) is 0 Å². The van der Waals surface area contributed by atoms with Gasteiger partial charge in [0.2, 0.25) is 0 Å². The number of carbonyl (C=O) groups is 1. The number of nitrogens with one attached hydrogen (secondary N) is 2. The summed E-state index contributed by atoms with van der Waals surface area (Å²) in [7, 11) is 3.18. The van der Waals surface area contributed by atoms with Crippen molar-refractivity contribution in [2.75, 3.05) is 51.6 Å². The lowest BCUT2D eigenvalue weighted by Gasteiger charge is -2.07. The van der Waals surface area contributed by atoms with Crippen LogP contribution in [-0.2, 0) is 9.47 Å². The molecule has 0 aromatic carbocycles. The zero-order valence-electron chi connectivity index (χ0n) is 10.5. The van der Waals surface area contributed by atoms with Gasteiger partial charge in [0.25, 0.3) is 5.91 Å². The van der Waals surface area contributed by atoms with Crippen LogP contribution >= 0.6 is 11.5 Å². The number of carbonyl (C=O) groups excluding carboxylic acids is 1. The van der Waals surface area contributed by atoms with Gasteiger partial charge in [-0.05, 0) is 11.5 Å². The summed E-state index contributed by atoms with van der Waals surface area (Å²) in [6, 6.07) is 0. The molecular weight excluding hydrogens is 256 g/mol. The highest BCUT2D eigenvalue weighted by Crippen LogP contribution is 2.26. The monoisotopic (exact) mass is 274 g/mol. The first kappa shape index (κ1) is 14.7. The molecule has 0 spiro atoms. The number of methoxy groups -OCH3 is 1. The zero-order chi connectivity index (χ0) is 13.4. The maximum absolute atomic E-state index is 11.6. The Morgan fingerprint density at radius 3 is 2.89 bits per heavy atom. The van der Waals surface area contributed by atoms with Gasteiger partial charge in [0.1, 0.15) is 10.6 Å². The number of anilines is 2. The standard InChI is InChI=1S/C10H18N4O3S/c1-12-9(15)7-8(11)14-18-10(7)13-3-4-17-6-5-16-2/h13H,3-6H2,1-2H3,(H2,11,14)(H,12,15). The van der Waals surface area contributed by atoms with Crippen molar-refractivity contribution < 1.29 is 14.3 Å². The number of ether oxygens (including phenoxy) is 2. The van der Waals surface area contributed by atoms with Gasteiger partial charge in [-0.2, -0.15) is 4.37 Å². The predicted molar refractivity (Wildman–Crippen MR) is 71.1 cm³/mol. The summed E-state index contributed by atoms with van der Waals surface area (Å²) in [6.45, 7) is 2.21. The summed E-state index contributed by atoms with van der Waals surface area (Å²) in [6.07, 6.45) is 0. The first-order valence-electron chi connectivity index (χ1n) is 5.48. The van der Waals surface area contributed by atoms with Crippen molar-refractivity contribution >= 4 is 28.3 Å². The summed E-state index contributed by atoms with van der Waals surface area (Å²) in [5, 5.41) is 6.26. The van der Waals surface area contributed by atoms with E-state index < -0.39 is 0 Å². The molecule has 1 aromatic heterocycles. The van der Waals surface area contributed by atoms with E-state index in [1.165, 1.54) is 0 Å². The SMILES string of the molecule is CNC(=O)c1c(N)nsc1NCCOCCOC. The number of nitrogen functional groups attached to an aromatic ring is 1. The Morgan fingerprint density at radius 1 is 1.44 bits per heavy atom. The quantitative estimate of drug-likeness (QED) is 0.584. The van der Waals surface area contributed by atoms with Crippen LogP contribution in [0, 0.1) is 0 Å². The van der Waals surface area contributed by atoms with Gasteiger partial charge in [0.05, 0.1) is 19.8 Å². The van der Waals surface area contributed by atoms with Crippen LogP contribution in [0.3, 0.4) is 0 Å². The fraction of sp³-hybridized carbons (Fsp3) is 0.600. The molecule has 8 heteroatoms. The number of nitrogens with two attached hydrogens (primary N) is 1. The third-order valence-electron chi connectivity index (χ3n) is 2.14. The molecule has 4 N–H and O–H groups in total. The van der Waals surface area contributed by atoms with Crippen LogP contribution in [-0.4, -0.2) is 50.8 Å². The van der Waals surface area contributed by atoms with E-state index >= 15 is 0 Å². The molecule has 0 radical (unpaired) electrons. The molecule has 1 heterocycles. The second-order valence-corrected chi connectivity index (χ2v) is 4.16. The smallest absolute Gasteiger partial charge is 0.257 e. The van der Waals surface area contributed by atoms with Crippen molar-refractivity contribution in [1.82, 2.24) is 9.69 Å². The Morgan fingerprint density at radius 2 is 2.22 bits per heavy atom. The van der Waals surface area contributed by atoms with Crippen LogP contribution < -0.4 is 16.4 Å². The maximum Gasteiger partial charge on any atom is 0.257 e. The number of hydrogen-bond acceptors (Lipinski definition) is 7. The summed E-state index contributed by atoms with van der Waals surface area (Å²) in [4.78, 5) is 11.6. The minimum atomic E-state index is -0.246. The molecule has 1 aromatic rings. The van der Waals surface area contributed by atoms with Gasteiger partial charge in [-0.3, -0.25) is 4.79 Å². The normalized spacial score (nSPS) is 10.3. The third-order valence-corrected chi connectivity index (χ3v) is 2.96. The minimum absolute atomic E-state index is 0.238. The molecular formula is C10H18N4O3S. The van der Waals surface area contributed by atoms with Crippen molar-refractivity contribution in [3.05, 3.63) is 5.56 Å². The van der Waals surface area contributed by atoms with Crippen LogP contribution in [0.15, 0.2) is 0 Å². The van der Waals surface area contributed by atoms with Crippen molar-refractivity contribution in [3.63, 3.8) is 0 Å². The highest BCUT2D eigenvalue weighted by molar-refractivity contribution is 7.11. The van der Waals surface area contributed by atoms with Crippen LogP contribution in [0.25, 0.3) is 0 Å². The molecule has 0 fully saturated rings. The van der Waals surface area contributed by atoms with E-state index in [9.17, 15) is 4.79 Å². The van der Waals surface area contributed by atoms with E-state index in [4.69, 9.17) is 15.2 Å². The molecule has 0 aliphatic rings. The molecule has 0 unspecified atom stereocenters. The van der Waals surface area contributed by atoms with E-state index in [-0.39, 0.29) is 11.7 Å². The lowest BCUT2D eigenvalue weighted by atomic mass is 10.3. The zero-order valence-corrected chi connectivity index (χ0v) is 11.3. The molecule has 18 heavy (non-hydrogen) atoms. The highest BCUT2D eigenvalue weighted by atomic mass is 32.1. The Balaban J connectivity index is 2.40. The summed E-state index contributed by atoms with van der Waals surface area (Å²) < 4.78 is 14.1. The highest BCUT2D eigenvalue weighted by Gasteiger charge is 2.17. The second kappa shape index (κ2) is 7.85. The summed E-state index contributed by atoms with van der Waals surface area (Å²) in [5.74, 6) is -0.00815. The van der Waals surface area contributed by atoms with Crippen molar-refractivity contribution in [3.8, 4) is 0 Å². The number of rotatable bonds is 8. The number of amides is 1. The van der Waals surface area contributed by atoms with Crippen molar-refractivity contribution in [1.29, 1.82) is 0 Å². The van der Waals surface area contributed by atoms with Crippen LogP contribution in [0.2, 0.25) is 0 Å². The topological polar surface area (TPSA) is 98.5 Å². The Kier molecular flexibility index (Phi) is 6.40. The van der Waals surface area contributed by atoms with Gasteiger partial charge in [-0.25, -0.2) is 0 Å². The number of hydrogen-bond donors (Lipinski definition) is 3. The van der Waals surface area contributed by atoms with Gasteiger partial charge in [0.15, 0.2) is 5.82 Å². The van der Waals surface area contributed by atoms with Crippen molar-refractivity contribution in [2.45, 2.75) is 0 Å². The molecule has 0 aliphatic heterocycles. The van der Waals surface area contributed by atoms with E-state index in [0.29, 0.717) is 36.9 Å². The van der Waals surface area contributed by atoms with Gasteiger partial charge >= 0.3 is 0 Å².